The first kappa shape index (κ1) is 8.33. The number of hydrogen-bond donors (Lipinski definition) is 0. The van der Waals surface area contributed by atoms with Crippen molar-refractivity contribution in [3.05, 3.63) is 11.6 Å². The van der Waals surface area contributed by atoms with Gasteiger partial charge in [-0.05, 0) is 31.1 Å². The summed E-state index contributed by atoms with van der Waals surface area (Å²) in [6.07, 6.45) is 6.57. The molecule has 1 rings (SSSR count). The maximum Gasteiger partial charge on any atom is 0.0943 e. The van der Waals surface area contributed by atoms with E-state index in [0.717, 1.165) is 18.4 Å². The molecule has 0 heterocycles. The molecule has 0 aromatic carbocycles. The Balaban J connectivity index is 2.65. The van der Waals surface area contributed by atoms with Crippen molar-refractivity contribution in [3.63, 3.8) is 0 Å². The first-order valence-corrected chi connectivity index (χ1v) is 4.23. The van der Waals surface area contributed by atoms with Gasteiger partial charge in [-0.3, -0.25) is 0 Å². The first-order valence-electron chi connectivity index (χ1n) is 4.23. The van der Waals surface area contributed by atoms with Crippen LogP contribution in [-0.4, -0.2) is 0 Å². The zero-order valence-electron chi connectivity index (χ0n) is 7.35. The average molecular weight is 149 g/mol. The number of rotatable bonds is 0. The minimum absolute atomic E-state index is 0.415. The van der Waals surface area contributed by atoms with Crippen LogP contribution in [0.3, 0.4) is 0 Å². The van der Waals surface area contributed by atoms with Gasteiger partial charge in [-0.25, -0.2) is 0 Å². The predicted octanol–water partition coefficient (Wildman–Crippen LogP) is 3.04. The molecule has 0 radical (unpaired) electrons. The van der Waals surface area contributed by atoms with Gasteiger partial charge in [0.25, 0.3) is 0 Å². The van der Waals surface area contributed by atoms with Crippen LogP contribution in [0.25, 0.3) is 0 Å². The summed E-state index contributed by atoms with van der Waals surface area (Å²) in [4.78, 5) is 0. The highest BCUT2D eigenvalue weighted by Gasteiger charge is 2.18. The fourth-order valence-corrected chi connectivity index (χ4v) is 1.46. The van der Waals surface area contributed by atoms with Crippen molar-refractivity contribution in [1.29, 1.82) is 5.26 Å². The quantitative estimate of drug-likeness (QED) is 0.519. The molecular weight excluding hydrogens is 134 g/mol. The van der Waals surface area contributed by atoms with Crippen LogP contribution in [0.2, 0.25) is 0 Å². The molecule has 1 aliphatic rings. The highest BCUT2D eigenvalue weighted by atomic mass is 14.3. The van der Waals surface area contributed by atoms with Gasteiger partial charge in [0.15, 0.2) is 0 Å². The van der Waals surface area contributed by atoms with Crippen LogP contribution in [0.5, 0.6) is 0 Å². The van der Waals surface area contributed by atoms with Crippen LogP contribution in [0.1, 0.15) is 39.5 Å². The van der Waals surface area contributed by atoms with Crippen LogP contribution in [0.4, 0.5) is 0 Å². The summed E-state index contributed by atoms with van der Waals surface area (Å²) >= 11 is 0. The third kappa shape index (κ3) is 2.38. The molecular formula is C10H15N. The molecule has 0 spiro atoms. The average Bonchev–Trinajstić information content (AvgIpc) is 2.10. The molecule has 0 bridgehead atoms. The molecule has 0 unspecified atom stereocenters. The lowest BCUT2D eigenvalue weighted by Crippen LogP contribution is -2.07. The van der Waals surface area contributed by atoms with E-state index in [9.17, 15) is 0 Å². The van der Waals surface area contributed by atoms with Gasteiger partial charge in [0.05, 0.1) is 6.07 Å². The van der Waals surface area contributed by atoms with Crippen LogP contribution in [0.15, 0.2) is 11.6 Å². The van der Waals surface area contributed by atoms with E-state index in [1.54, 1.807) is 0 Å². The Bertz CT molecular complexity index is 205. The Morgan fingerprint density at radius 3 is 2.91 bits per heavy atom. The van der Waals surface area contributed by atoms with E-state index in [4.69, 9.17) is 5.26 Å². The molecule has 11 heavy (non-hydrogen) atoms. The van der Waals surface area contributed by atoms with Crippen LogP contribution in [-0.2, 0) is 0 Å². The predicted molar refractivity (Wildman–Crippen MR) is 45.9 cm³/mol. The summed E-state index contributed by atoms with van der Waals surface area (Å²) in [5.41, 5.74) is 1.40. The summed E-state index contributed by atoms with van der Waals surface area (Å²) in [7, 11) is 0. The molecule has 0 N–H and O–H groups in total. The van der Waals surface area contributed by atoms with Crippen molar-refractivity contribution in [2.24, 2.45) is 5.41 Å². The first-order chi connectivity index (χ1) is 5.14. The van der Waals surface area contributed by atoms with Gasteiger partial charge in [0.2, 0.25) is 0 Å². The Kier molecular flexibility index (Phi) is 2.34. The molecule has 0 fully saturated rings. The molecule has 1 aliphatic carbocycles. The van der Waals surface area contributed by atoms with E-state index in [1.165, 1.54) is 12.8 Å². The molecule has 0 amide bonds. The van der Waals surface area contributed by atoms with Crippen LogP contribution in [0, 0.1) is 16.7 Å². The fraction of sp³-hybridized carbons (Fsp3) is 0.700. The lowest BCUT2D eigenvalue weighted by molar-refractivity contribution is 0.337. The third-order valence-electron chi connectivity index (χ3n) is 2.34. The molecule has 0 aromatic heterocycles. The lowest BCUT2D eigenvalue weighted by Gasteiger charge is -2.20. The summed E-state index contributed by atoms with van der Waals surface area (Å²) in [6.45, 7) is 4.54. The zero-order valence-corrected chi connectivity index (χ0v) is 7.35. The standard InChI is InChI=1S/C10H15N/c1-10(2)6-3-4-9(8-11)5-7-10/h5H,3-4,6-7H2,1-2H3. The van der Waals surface area contributed by atoms with Gasteiger partial charge >= 0.3 is 0 Å². The van der Waals surface area contributed by atoms with E-state index in [-0.39, 0.29) is 0 Å². The van der Waals surface area contributed by atoms with Gasteiger partial charge in [0.1, 0.15) is 0 Å². The number of nitrogens with zero attached hydrogens (tertiary/aromatic N) is 1. The van der Waals surface area contributed by atoms with Gasteiger partial charge < -0.3 is 0 Å². The fourth-order valence-electron chi connectivity index (χ4n) is 1.46. The molecule has 0 saturated heterocycles. The van der Waals surface area contributed by atoms with Crippen molar-refractivity contribution in [1.82, 2.24) is 0 Å². The third-order valence-corrected chi connectivity index (χ3v) is 2.34. The minimum atomic E-state index is 0.415. The molecule has 0 aromatic rings. The van der Waals surface area contributed by atoms with E-state index in [2.05, 4.69) is 26.0 Å². The normalized spacial score (nSPS) is 23.2. The number of hydrogen-bond acceptors (Lipinski definition) is 1. The van der Waals surface area contributed by atoms with Crippen molar-refractivity contribution in [2.45, 2.75) is 39.5 Å². The minimum Gasteiger partial charge on any atom is -0.193 e. The zero-order chi connectivity index (χ0) is 8.32. The van der Waals surface area contributed by atoms with Gasteiger partial charge in [-0.2, -0.15) is 5.26 Å². The highest BCUT2D eigenvalue weighted by Crippen LogP contribution is 2.32. The summed E-state index contributed by atoms with van der Waals surface area (Å²) in [5, 5.41) is 8.67. The Morgan fingerprint density at radius 2 is 2.27 bits per heavy atom. The summed E-state index contributed by atoms with van der Waals surface area (Å²) < 4.78 is 0. The van der Waals surface area contributed by atoms with Crippen molar-refractivity contribution in [3.8, 4) is 6.07 Å². The highest BCUT2D eigenvalue weighted by molar-refractivity contribution is 5.21. The topological polar surface area (TPSA) is 23.8 Å². The van der Waals surface area contributed by atoms with Crippen LogP contribution < -0.4 is 0 Å². The van der Waals surface area contributed by atoms with Crippen molar-refractivity contribution >= 4 is 0 Å². The monoisotopic (exact) mass is 149 g/mol. The second-order valence-corrected chi connectivity index (χ2v) is 4.06. The van der Waals surface area contributed by atoms with Crippen molar-refractivity contribution < 1.29 is 0 Å². The van der Waals surface area contributed by atoms with E-state index >= 15 is 0 Å². The Hall–Kier alpha value is -0.770. The van der Waals surface area contributed by atoms with E-state index in [1.807, 2.05) is 0 Å². The van der Waals surface area contributed by atoms with Gasteiger partial charge in [-0.1, -0.05) is 19.9 Å². The van der Waals surface area contributed by atoms with Gasteiger partial charge in [0, 0.05) is 5.57 Å². The maximum atomic E-state index is 8.67. The Morgan fingerprint density at radius 1 is 1.55 bits per heavy atom. The van der Waals surface area contributed by atoms with E-state index < -0.39 is 0 Å². The molecule has 60 valence electrons. The second-order valence-electron chi connectivity index (χ2n) is 4.06. The second kappa shape index (κ2) is 3.09. The van der Waals surface area contributed by atoms with Gasteiger partial charge in [-0.15, -0.1) is 0 Å². The molecule has 1 nitrogen and oxygen atoms in total. The van der Waals surface area contributed by atoms with Crippen molar-refractivity contribution in [2.75, 3.05) is 0 Å². The Labute approximate surface area is 68.7 Å². The van der Waals surface area contributed by atoms with Crippen LogP contribution >= 0.6 is 0 Å². The molecule has 0 aliphatic heterocycles. The molecule has 1 heteroatoms. The molecule has 0 atom stereocenters. The summed E-state index contributed by atoms with van der Waals surface area (Å²) in [5.74, 6) is 0. The van der Waals surface area contributed by atoms with E-state index in [0.29, 0.717) is 5.41 Å². The number of nitriles is 1. The maximum absolute atomic E-state index is 8.67. The number of allylic oxidation sites excluding steroid dienone is 2. The molecule has 0 saturated carbocycles. The summed E-state index contributed by atoms with van der Waals surface area (Å²) in [6, 6.07) is 2.24. The lowest BCUT2D eigenvalue weighted by atomic mass is 9.86. The smallest absolute Gasteiger partial charge is 0.0943 e. The largest absolute Gasteiger partial charge is 0.193 e. The SMILES string of the molecule is CC1(C)CC=C(C#N)CCC1.